The molecule has 0 aliphatic heterocycles. The molecule has 1 aromatic rings. The Morgan fingerprint density at radius 3 is 3.00 bits per heavy atom. The lowest BCUT2D eigenvalue weighted by Gasteiger charge is -2.36. The monoisotopic (exact) mass is 223 g/mol. The Morgan fingerprint density at radius 1 is 1.69 bits per heavy atom. The molecule has 1 aromatic heterocycles. The molecule has 88 valence electrons. The minimum atomic E-state index is -0.682. The first-order valence-electron chi connectivity index (χ1n) is 5.61. The van der Waals surface area contributed by atoms with Gasteiger partial charge in [0.2, 0.25) is 0 Å². The average Bonchev–Trinajstić information content (AvgIpc) is 2.64. The highest BCUT2D eigenvalue weighted by Crippen LogP contribution is 2.27. The lowest BCUT2D eigenvalue weighted by molar-refractivity contribution is -0.146. The first-order chi connectivity index (χ1) is 7.66. The molecule has 1 aliphatic rings. The maximum absolute atomic E-state index is 10.8. The third kappa shape index (κ3) is 2.41. The van der Waals surface area contributed by atoms with Crippen molar-refractivity contribution in [3.63, 3.8) is 0 Å². The molecule has 2 N–H and O–H groups in total. The zero-order chi connectivity index (χ0) is 11.5. The molecule has 1 aliphatic carbocycles. The normalized spacial score (nSPS) is 26.1. The van der Waals surface area contributed by atoms with Crippen LogP contribution in [-0.2, 0) is 11.3 Å². The van der Waals surface area contributed by atoms with Crippen LogP contribution >= 0.6 is 0 Å². The molecular formula is C11H17N3O2. The number of hydrogen-bond donors (Lipinski definition) is 2. The number of rotatable bonds is 5. The lowest BCUT2D eigenvalue weighted by atomic mass is 9.79. The second kappa shape index (κ2) is 4.65. The molecule has 0 spiro atoms. The summed E-state index contributed by atoms with van der Waals surface area (Å²) in [5.74, 6) is -0.885. The van der Waals surface area contributed by atoms with Crippen molar-refractivity contribution < 1.29 is 9.90 Å². The molecule has 1 heterocycles. The second-order valence-electron chi connectivity index (χ2n) is 4.46. The third-order valence-corrected chi connectivity index (χ3v) is 3.13. The van der Waals surface area contributed by atoms with E-state index in [2.05, 4.69) is 17.2 Å². The molecule has 16 heavy (non-hydrogen) atoms. The van der Waals surface area contributed by atoms with E-state index in [4.69, 9.17) is 5.11 Å². The predicted octanol–water partition coefficient (Wildman–Crippen LogP) is 0.724. The zero-order valence-corrected chi connectivity index (χ0v) is 9.34. The number of aliphatic carboxylic acids is 1. The fourth-order valence-electron chi connectivity index (χ4n) is 2.12. The summed E-state index contributed by atoms with van der Waals surface area (Å²) in [6, 6.07) is 0.400. The number of nitrogens with zero attached hydrogens (tertiary/aromatic N) is 2. The Morgan fingerprint density at radius 2 is 2.50 bits per heavy atom. The van der Waals surface area contributed by atoms with E-state index in [1.807, 2.05) is 10.8 Å². The second-order valence-corrected chi connectivity index (χ2v) is 4.46. The standard InChI is InChI=1S/C11H17N3O2/c1-8(6-14-5-4-12-7-14)13-10-3-2-9(10)11(15)16/h4-5,7-10,13H,2-3,6H2,1H3,(H,15,16). The van der Waals surface area contributed by atoms with Gasteiger partial charge in [0, 0.05) is 31.0 Å². The van der Waals surface area contributed by atoms with Gasteiger partial charge < -0.3 is 15.0 Å². The summed E-state index contributed by atoms with van der Waals surface area (Å²) in [6.07, 6.45) is 7.19. The van der Waals surface area contributed by atoms with Crippen LogP contribution < -0.4 is 5.32 Å². The SMILES string of the molecule is CC(Cn1ccnc1)NC1CCC1C(=O)O. The van der Waals surface area contributed by atoms with E-state index < -0.39 is 5.97 Å². The van der Waals surface area contributed by atoms with Gasteiger partial charge in [0.05, 0.1) is 12.2 Å². The maximum Gasteiger partial charge on any atom is 0.308 e. The van der Waals surface area contributed by atoms with Crippen LogP contribution in [-0.4, -0.2) is 32.7 Å². The first kappa shape index (κ1) is 11.1. The van der Waals surface area contributed by atoms with E-state index in [-0.39, 0.29) is 18.0 Å². The van der Waals surface area contributed by atoms with E-state index in [0.29, 0.717) is 0 Å². The Kier molecular flexibility index (Phi) is 3.24. The average molecular weight is 223 g/mol. The van der Waals surface area contributed by atoms with Crippen molar-refractivity contribution in [2.75, 3.05) is 0 Å². The van der Waals surface area contributed by atoms with Crippen LogP contribution in [0.4, 0.5) is 0 Å². The van der Waals surface area contributed by atoms with Crippen LogP contribution in [0.1, 0.15) is 19.8 Å². The third-order valence-electron chi connectivity index (χ3n) is 3.13. The van der Waals surface area contributed by atoms with Gasteiger partial charge in [-0.15, -0.1) is 0 Å². The number of hydrogen-bond acceptors (Lipinski definition) is 3. The molecule has 2 rings (SSSR count). The molecule has 3 unspecified atom stereocenters. The molecule has 1 saturated carbocycles. The fraction of sp³-hybridized carbons (Fsp3) is 0.636. The van der Waals surface area contributed by atoms with Crippen molar-refractivity contribution in [2.24, 2.45) is 5.92 Å². The van der Waals surface area contributed by atoms with Gasteiger partial charge in [-0.1, -0.05) is 0 Å². The Labute approximate surface area is 94.5 Å². The molecule has 0 aromatic carbocycles. The van der Waals surface area contributed by atoms with Crippen LogP contribution in [0, 0.1) is 5.92 Å². The topological polar surface area (TPSA) is 67.2 Å². The number of nitrogens with one attached hydrogen (secondary N) is 1. The molecular weight excluding hydrogens is 206 g/mol. The van der Waals surface area contributed by atoms with Gasteiger partial charge in [-0.25, -0.2) is 4.98 Å². The molecule has 0 saturated heterocycles. The summed E-state index contributed by atoms with van der Waals surface area (Å²) in [5, 5.41) is 12.3. The smallest absolute Gasteiger partial charge is 0.308 e. The predicted molar refractivity (Wildman–Crippen MR) is 59.0 cm³/mol. The molecule has 5 heteroatoms. The molecule has 1 fully saturated rings. The van der Waals surface area contributed by atoms with E-state index in [9.17, 15) is 4.79 Å². The van der Waals surface area contributed by atoms with Gasteiger partial charge in [0.1, 0.15) is 0 Å². The van der Waals surface area contributed by atoms with Crippen LogP contribution in [0.3, 0.4) is 0 Å². The van der Waals surface area contributed by atoms with Crippen molar-refractivity contribution >= 4 is 5.97 Å². The van der Waals surface area contributed by atoms with E-state index in [0.717, 1.165) is 19.4 Å². The van der Waals surface area contributed by atoms with Crippen molar-refractivity contribution in [3.8, 4) is 0 Å². The summed E-state index contributed by atoms with van der Waals surface area (Å²) >= 11 is 0. The summed E-state index contributed by atoms with van der Waals surface area (Å²) in [6.45, 7) is 2.89. The quantitative estimate of drug-likeness (QED) is 0.772. The largest absolute Gasteiger partial charge is 0.481 e. The highest BCUT2D eigenvalue weighted by molar-refractivity contribution is 5.72. The minimum Gasteiger partial charge on any atom is -0.481 e. The number of aromatic nitrogens is 2. The van der Waals surface area contributed by atoms with Crippen LogP contribution in [0.2, 0.25) is 0 Å². The summed E-state index contributed by atoms with van der Waals surface area (Å²) in [4.78, 5) is 14.8. The van der Waals surface area contributed by atoms with Crippen molar-refractivity contribution in [2.45, 2.75) is 38.4 Å². The number of carboxylic acid groups (broad SMARTS) is 1. The Hall–Kier alpha value is -1.36. The number of imidazole rings is 1. The molecule has 3 atom stereocenters. The highest BCUT2D eigenvalue weighted by Gasteiger charge is 2.36. The minimum absolute atomic E-state index is 0.135. The molecule has 0 radical (unpaired) electrons. The van der Waals surface area contributed by atoms with Gasteiger partial charge >= 0.3 is 5.97 Å². The summed E-state index contributed by atoms with van der Waals surface area (Å²) < 4.78 is 1.99. The highest BCUT2D eigenvalue weighted by atomic mass is 16.4. The first-order valence-corrected chi connectivity index (χ1v) is 5.61. The van der Waals surface area contributed by atoms with Crippen molar-refractivity contribution in [1.29, 1.82) is 0 Å². The van der Waals surface area contributed by atoms with Crippen LogP contribution in [0.25, 0.3) is 0 Å². The van der Waals surface area contributed by atoms with Crippen molar-refractivity contribution in [1.82, 2.24) is 14.9 Å². The Balaban J connectivity index is 1.79. The maximum atomic E-state index is 10.8. The van der Waals surface area contributed by atoms with Crippen LogP contribution in [0.15, 0.2) is 18.7 Å². The zero-order valence-electron chi connectivity index (χ0n) is 9.34. The van der Waals surface area contributed by atoms with Crippen LogP contribution in [0.5, 0.6) is 0 Å². The lowest BCUT2D eigenvalue weighted by Crippen LogP contribution is -2.51. The van der Waals surface area contributed by atoms with E-state index in [1.165, 1.54) is 0 Å². The summed E-state index contributed by atoms with van der Waals surface area (Å²) in [7, 11) is 0. The van der Waals surface area contributed by atoms with Gasteiger partial charge in [-0.3, -0.25) is 4.79 Å². The molecule has 5 nitrogen and oxygen atoms in total. The van der Waals surface area contributed by atoms with E-state index in [1.54, 1.807) is 12.5 Å². The number of carboxylic acids is 1. The molecule has 0 bridgehead atoms. The Bertz CT molecular complexity index is 350. The fourth-order valence-corrected chi connectivity index (χ4v) is 2.12. The van der Waals surface area contributed by atoms with Gasteiger partial charge in [-0.2, -0.15) is 0 Å². The molecule has 0 amide bonds. The number of carbonyl (C=O) groups is 1. The van der Waals surface area contributed by atoms with Crippen molar-refractivity contribution in [3.05, 3.63) is 18.7 Å². The van der Waals surface area contributed by atoms with Gasteiger partial charge in [-0.05, 0) is 19.8 Å². The van der Waals surface area contributed by atoms with Gasteiger partial charge in [0.15, 0.2) is 0 Å². The van der Waals surface area contributed by atoms with E-state index >= 15 is 0 Å². The van der Waals surface area contributed by atoms with Gasteiger partial charge in [0.25, 0.3) is 0 Å². The summed E-state index contributed by atoms with van der Waals surface area (Å²) in [5.41, 5.74) is 0.